The van der Waals surface area contributed by atoms with Crippen molar-refractivity contribution in [3.63, 3.8) is 0 Å². The summed E-state index contributed by atoms with van der Waals surface area (Å²) in [6, 6.07) is 3.44. The SMILES string of the molecule is O=c1o[n+]2cc(Cl)ccc2s1. The maximum atomic E-state index is 10.7. The van der Waals surface area contributed by atoms with Crippen LogP contribution in [-0.4, -0.2) is 0 Å². The lowest BCUT2D eigenvalue weighted by molar-refractivity contribution is -0.719. The second kappa shape index (κ2) is 2.32. The minimum atomic E-state index is -0.327. The van der Waals surface area contributed by atoms with Gasteiger partial charge in [0.05, 0.1) is 0 Å². The lowest BCUT2D eigenvalue weighted by atomic mass is 10.5. The zero-order valence-corrected chi connectivity index (χ0v) is 6.85. The predicted octanol–water partition coefficient (Wildman–Crippen LogP) is 1.09. The number of hydrogen-bond acceptors (Lipinski definition) is 3. The van der Waals surface area contributed by atoms with Crippen LogP contribution in [0.3, 0.4) is 0 Å². The highest BCUT2D eigenvalue weighted by Crippen LogP contribution is 2.06. The van der Waals surface area contributed by atoms with Gasteiger partial charge in [0.15, 0.2) is 0 Å². The van der Waals surface area contributed by atoms with Crippen LogP contribution in [0.25, 0.3) is 4.83 Å². The van der Waals surface area contributed by atoms with Crippen LogP contribution in [-0.2, 0) is 0 Å². The number of aromatic nitrogens is 1. The first-order chi connectivity index (χ1) is 5.25. The van der Waals surface area contributed by atoms with Crippen LogP contribution in [0, 0.1) is 0 Å². The smallest absolute Gasteiger partial charge is 0.226 e. The second-order valence-electron chi connectivity index (χ2n) is 1.95. The van der Waals surface area contributed by atoms with Crippen molar-refractivity contribution in [2.24, 2.45) is 0 Å². The van der Waals surface area contributed by atoms with E-state index in [0.717, 1.165) is 16.2 Å². The number of hydrogen-bond donors (Lipinski definition) is 0. The molecular formula is C6H3ClNO2S+. The molecule has 0 radical (unpaired) electrons. The Morgan fingerprint density at radius 1 is 1.55 bits per heavy atom. The molecule has 5 heteroatoms. The van der Waals surface area contributed by atoms with Gasteiger partial charge in [-0.05, 0) is 6.07 Å². The summed E-state index contributed by atoms with van der Waals surface area (Å²) in [4.78, 5) is 11.1. The third kappa shape index (κ3) is 1.15. The zero-order chi connectivity index (χ0) is 7.84. The first-order valence-electron chi connectivity index (χ1n) is 2.87. The van der Waals surface area contributed by atoms with Crippen LogP contribution in [0.1, 0.15) is 0 Å². The molecule has 0 unspecified atom stereocenters. The summed E-state index contributed by atoms with van der Waals surface area (Å²) in [5.41, 5.74) is 0. The van der Waals surface area contributed by atoms with Gasteiger partial charge >= 0.3 is 9.77 Å². The summed E-state index contributed by atoms with van der Waals surface area (Å²) in [6.45, 7) is 0. The molecule has 0 saturated carbocycles. The summed E-state index contributed by atoms with van der Waals surface area (Å²) >= 11 is 6.69. The van der Waals surface area contributed by atoms with E-state index >= 15 is 0 Å². The van der Waals surface area contributed by atoms with Gasteiger partial charge in [0.2, 0.25) is 6.20 Å². The molecule has 0 atom stereocenters. The highest BCUT2D eigenvalue weighted by molar-refractivity contribution is 7.14. The van der Waals surface area contributed by atoms with Gasteiger partial charge in [0, 0.05) is 22.0 Å². The maximum absolute atomic E-state index is 10.7. The number of pyridine rings is 1. The normalized spacial score (nSPS) is 10.6. The van der Waals surface area contributed by atoms with Crippen molar-refractivity contribution < 1.29 is 9.10 Å². The molecule has 0 bridgehead atoms. The van der Waals surface area contributed by atoms with Crippen molar-refractivity contribution >= 4 is 27.8 Å². The first kappa shape index (κ1) is 6.82. The molecule has 0 spiro atoms. The molecular weight excluding hydrogens is 186 g/mol. The van der Waals surface area contributed by atoms with E-state index in [9.17, 15) is 4.79 Å². The lowest BCUT2D eigenvalue weighted by Crippen LogP contribution is -2.17. The van der Waals surface area contributed by atoms with Crippen LogP contribution in [0.5, 0.6) is 0 Å². The van der Waals surface area contributed by atoms with E-state index in [4.69, 9.17) is 16.1 Å². The van der Waals surface area contributed by atoms with Crippen LogP contribution in [0.4, 0.5) is 0 Å². The van der Waals surface area contributed by atoms with Gasteiger partial charge in [-0.15, -0.1) is 0 Å². The molecule has 0 N–H and O–H groups in total. The quantitative estimate of drug-likeness (QED) is 0.580. The fraction of sp³-hybridized carbons (Fsp3) is 0. The molecule has 0 saturated heterocycles. The molecule has 3 nitrogen and oxygen atoms in total. The molecule has 2 aromatic rings. The molecule has 0 aliphatic rings. The molecule has 0 aliphatic carbocycles. The van der Waals surface area contributed by atoms with Gasteiger partial charge < -0.3 is 0 Å². The molecule has 2 rings (SSSR count). The number of nitrogens with zero attached hydrogens (tertiary/aromatic N) is 1. The van der Waals surface area contributed by atoms with E-state index in [1.807, 2.05) is 0 Å². The van der Waals surface area contributed by atoms with E-state index in [0.29, 0.717) is 5.02 Å². The van der Waals surface area contributed by atoms with Crippen molar-refractivity contribution in [3.8, 4) is 0 Å². The Bertz CT molecular complexity index is 447. The van der Waals surface area contributed by atoms with Gasteiger partial charge in [0.1, 0.15) is 5.02 Å². The van der Waals surface area contributed by atoms with Gasteiger partial charge in [-0.1, -0.05) is 11.6 Å². The summed E-state index contributed by atoms with van der Waals surface area (Å²) < 4.78 is 6.10. The van der Waals surface area contributed by atoms with Crippen LogP contribution >= 0.6 is 22.9 Å². The van der Waals surface area contributed by atoms with E-state index in [1.165, 1.54) is 4.57 Å². The molecule has 2 heterocycles. The monoisotopic (exact) mass is 188 g/mol. The van der Waals surface area contributed by atoms with Gasteiger partial charge in [-0.3, -0.25) is 0 Å². The molecule has 11 heavy (non-hydrogen) atoms. The van der Waals surface area contributed by atoms with Crippen molar-refractivity contribution in [1.29, 1.82) is 0 Å². The number of fused-ring (bicyclic) bond motifs is 1. The number of halogens is 1. The Morgan fingerprint density at radius 2 is 2.36 bits per heavy atom. The average molecular weight is 189 g/mol. The van der Waals surface area contributed by atoms with E-state index in [1.54, 1.807) is 18.3 Å². The topological polar surface area (TPSA) is 34.3 Å². The lowest BCUT2D eigenvalue weighted by Gasteiger charge is -1.77. The largest absolute Gasteiger partial charge is 0.466 e. The molecule has 0 amide bonds. The minimum absolute atomic E-state index is 0.327. The third-order valence-corrected chi connectivity index (χ3v) is 2.19. The Kier molecular flexibility index (Phi) is 1.44. The number of rotatable bonds is 0. The third-order valence-electron chi connectivity index (χ3n) is 1.20. The highest BCUT2D eigenvalue weighted by atomic mass is 35.5. The summed E-state index contributed by atoms with van der Waals surface area (Å²) in [7, 11) is 0. The zero-order valence-electron chi connectivity index (χ0n) is 5.28. The van der Waals surface area contributed by atoms with E-state index < -0.39 is 0 Å². The van der Waals surface area contributed by atoms with Gasteiger partial charge in [0.25, 0.3) is 0 Å². The van der Waals surface area contributed by atoms with Crippen molar-refractivity contribution in [2.45, 2.75) is 0 Å². The van der Waals surface area contributed by atoms with Crippen molar-refractivity contribution in [1.82, 2.24) is 0 Å². The van der Waals surface area contributed by atoms with E-state index in [-0.39, 0.29) is 4.94 Å². The Labute approximate surface area is 70.4 Å². The standard InChI is InChI=1S/C6H3ClNO2S/c7-4-1-2-5-8(3-4)10-6(9)11-5/h1-3H/q+1. The second-order valence-corrected chi connectivity index (χ2v) is 3.35. The first-order valence-corrected chi connectivity index (χ1v) is 4.06. The Balaban J connectivity index is 2.92. The molecule has 2 aromatic heterocycles. The Hall–Kier alpha value is -0.870. The Morgan fingerprint density at radius 3 is 3.18 bits per heavy atom. The fourth-order valence-corrected chi connectivity index (χ4v) is 1.53. The molecule has 0 aromatic carbocycles. The molecule has 0 fully saturated rings. The van der Waals surface area contributed by atoms with Crippen LogP contribution < -0.4 is 9.51 Å². The predicted molar refractivity (Wildman–Crippen MR) is 41.0 cm³/mol. The molecule has 56 valence electrons. The average Bonchev–Trinajstić information content (AvgIpc) is 2.27. The summed E-state index contributed by atoms with van der Waals surface area (Å²) in [6.07, 6.45) is 1.55. The maximum Gasteiger partial charge on any atom is 0.466 e. The van der Waals surface area contributed by atoms with Gasteiger partial charge in [-0.2, -0.15) is 4.52 Å². The molecule has 0 aliphatic heterocycles. The fourth-order valence-electron chi connectivity index (χ4n) is 0.778. The summed E-state index contributed by atoms with van der Waals surface area (Å²) in [5, 5.41) is 0.545. The van der Waals surface area contributed by atoms with Crippen molar-refractivity contribution in [3.05, 3.63) is 33.1 Å². The van der Waals surface area contributed by atoms with Crippen LogP contribution in [0.15, 0.2) is 27.6 Å². The summed E-state index contributed by atoms with van der Waals surface area (Å²) in [5.74, 6) is 0. The van der Waals surface area contributed by atoms with Crippen molar-refractivity contribution in [2.75, 3.05) is 0 Å². The van der Waals surface area contributed by atoms with Crippen LogP contribution in [0.2, 0.25) is 5.02 Å². The highest BCUT2D eigenvalue weighted by Gasteiger charge is 2.09. The van der Waals surface area contributed by atoms with Gasteiger partial charge in [-0.25, -0.2) is 4.79 Å². The minimum Gasteiger partial charge on any atom is -0.226 e. The van der Waals surface area contributed by atoms with E-state index in [2.05, 4.69) is 0 Å².